The van der Waals surface area contributed by atoms with Gasteiger partial charge in [-0.25, -0.2) is 9.78 Å². The molecule has 0 spiro atoms. The van der Waals surface area contributed by atoms with Crippen molar-refractivity contribution in [2.45, 2.75) is 53.2 Å². The Kier molecular flexibility index (Phi) is 8.39. The highest BCUT2D eigenvalue weighted by Gasteiger charge is 2.26. The number of hydrogen-bond acceptors (Lipinski definition) is 6. The van der Waals surface area contributed by atoms with Gasteiger partial charge in [-0.15, -0.1) is 0 Å². The van der Waals surface area contributed by atoms with E-state index in [1.807, 2.05) is 58.0 Å². The van der Waals surface area contributed by atoms with E-state index in [-0.39, 0.29) is 36.5 Å². The van der Waals surface area contributed by atoms with Crippen molar-refractivity contribution in [2.24, 2.45) is 5.92 Å². The molecule has 1 atom stereocenters. The van der Waals surface area contributed by atoms with Crippen LogP contribution in [0.2, 0.25) is 0 Å². The quantitative estimate of drug-likeness (QED) is 0.582. The molecule has 0 aliphatic carbocycles. The van der Waals surface area contributed by atoms with Crippen LogP contribution in [0.4, 0.5) is 4.79 Å². The van der Waals surface area contributed by atoms with E-state index in [9.17, 15) is 9.59 Å². The first-order valence-electron chi connectivity index (χ1n) is 9.84. The van der Waals surface area contributed by atoms with Crippen LogP contribution in [0, 0.1) is 5.92 Å². The fraction of sp³-hybridized carbons (Fsp3) is 0.500. The van der Waals surface area contributed by atoms with Crippen molar-refractivity contribution in [3.8, 4) is 0 Å². The second kappa shape index (κ2) is 10.8. The molecule has 2 aromatic rings. The van der Waals surface area contributed by atoms with Gasteiger partial charge in [-0.3, -0.25) is 4.79 Å². The van der Waals surface area contributed by atoms with Gasteiger partial charge in [-0.1, -0.05) is 58.0 Å². The number of hydrogen-bond donors (Lipinski definition) is 1. The predicted octanol–water partition coefficient (Wildman–Crippen LogP) is 4.64. The number of rotatable bonds is 10. The molecule has 0 unspecified atom stereocenters. The maximum atomic E-state index is 12.3. The molecule has 0 saturated carbocycles. The predicted molar refractivity (Wildman–Crippen MR) is 109 cm³/mol. The zero-order valence-corrected chi connectivity index (χ0v) is 17.7. The molecule has 1 heterocycles. The molecule has 7 heteroatoms. The minimum Gasteiger partial charge on any atom is -0.445 e. The van der Waals surface area contributed by atoms with E-state index in [0.717, 1.165) is 5.56 Å². The van der Waals surface area contributed by atoms with E-state index in [1.165, 1.54) is 6.92 Å². The lowest BCUT2D eigenvalue weighted by atomic mass is 10.1. The van der Waals surface area contributed by atoms with E-state index in [0.29, 0.717) is 18.3 Å². The van der Waals surface area contributed by atoms with Crippen molar-refractivity contribution >= 4 is 11.9 Å². The summed E-state index contributed by atoms with van der Waals surface area (Å²) in [5, 5.41) is 2.74. The minimum absolute atomic E-state index is 0.0163. The summed E-state index contributed by atoms with van der Waals surface area (Å²) in [7, 11) is 0. The molecule has 1 amide bonds. The maximum absolute atomic E-state index is 12.3. The Morgan fingerprint density at radius 2 is 1.79 bits per heavy atom. The first-order valence-corrected chi connectivity index (χ1v) is 9.84. The number of ether oxygens (including phenoxy) is 2. The summed E-state index contributed by atoms with van der Waals surface area (Å²) in [6.45, 7) is 10.2. The number of oxazole rings is 1. The van der Waals surface area contributed by atoms with Crippen LogP contribution in [-0.2, 0) is 16.1 Å². The number of Topliss-reactive ketones (excluding diaryl/α,β-unsaturated/α-hetero) is 1. The second-order valence-electron chi connectivity index (χ2n) is 7.67. The van der Waals surface area contributed by atoms with Crippen LogP contribution in [0.5, 0.6) is 0 Å². The molecule has 7 nitrogen and oxygen atoms in total. The van der Waals surface area contributed by atoms with Crippen molar-refractivity contribution in [1.29, 1.82) is 0 Å². The van der Waals surface area contributed by atoms with Gasteiger partial charge in [0.05, 0.1) is 6.61 Å². The number of carbonyl (C=O) groups excluding carboxylic acids is 2. The zero-order chi connectivity index (χ0) is 21.4. The molecule has 1 N–H and O–H groups in total. The molecule has 2 rings (SSSR count). The number of ketones is 1. The Bertz CT molecular complexity index is 799. The van der Waals surface area contributed by atoms with Gasteiger partial charge < -0.3 is 19.2 Å². The summed E-state index contributed by atoms with van der Waals surface area (Å²) in [4.78, 5) is 28.6. The molecular weight excluding hydrogens is 372 g/mol. The lowest BCUT2D eigenvalue weighted by Crippen LogP contribution is -2.32. The van der Waals surface area contributed by atoms with Crippen LogP contribution in [0.3, 0.4) is 0 Å². The van der Waals surface area contributed by atoms with E-state index in [4.69, 9.17) is 13.9 Å². The second-order valence-corrected chi connectivity index (χ2v) is 7.67. The zero-order valence-electron chi connectivity index (χ0n) is 17.7. The van der Waals surface area contributed by atoms with Crippen LogP contribution < -0.4 is 5.32 Å². The smallest absolute Gasteiger partial charge is 0.408 e. The SMILES string of the molecule is CC(=O)c1nc([C@H](COCC(C)C)NC(=O)OCc2ccccc2)oc1C(C)C. The molecule has 0 fully saturated rings. The van der Waals surface area contributed by atoms with Gasteiger partial charge in [0.1, 0.15) is 24.1 Å². The molecule has 0 radical (unpaired) electrons. The minimum atomic E-state index is -0.664. The van der Waals surface area contributed by atoms with Gasteiger partial charge in [-0.05, 0) is 11.5 Å². The average Bonchev–Trinajstić information content (AvgIpc) is 3.12. The normalized spacial score (nSPS) is 12.2. The van der Waals surface area contributed by atoms with Gasteiger partial charge in [0.2, 0.25) is 5.89 Å². The monoisotopic (exact) mass is 402 g/mol. The van der Waals surface area contributed by atoms with E-state index < -0.39 is 12.1 Å². The number of alkyl carbamates (subject to hydrolysis) is 1. The molecule has 1 aromatic carbocycles. The largest absolute Gasteiger partial charge is 0.445 e. The van der Waals surface area contributed by atoms with Crippen LogP contribution in [0.25, 0.3) is 0 Å². The summed E-state index contributed by atoms with van der Waals surface area (Å²) >= 11 is 0. The van der Waals surface area contributed by atoms with Crippen LogP contribution in [0.15, 0.2) is 34.7 Å². The third kappa shape index (κ3) is 7.02. The van der Waals surface area contributed by atoms with Crippen LogP contribution in [0.1, 0.15) is 74.3 Å². The van der Waals surface area contributed by atoms with Crippen LogP contribution in [-0.4, -0.2) is 30.1 Å². The van der Waals surface area contributed by atoms with E-state index in [1.54, 1.807) is 0 Å². The first-order chi connectivity index (χ1) is 13.8. The first kappa shape index (κ1) is 22.6. The van der Waals surface area contributed by atoms with Gasteiger partial charge in [-0.2, -0.15) is 0 Å². The average molecular weight is 402 g/mol. The standard InChI is InChI=1S/C22H30N2O5/c1-14(2)11-27-13-18(21-24-19(16(5)25)20(29-21)15(3)4)23-22(26)28-12-17-9-7-6-8-10-17/h6-10,14-15,18H,11-13H2,1-5H3,(H,23,26)/t18-/m0/s1. The summed E-state index contributed by atoms with van der Waals surface area (Å²) in [6, 6.07) is 8.73. The van der Waals surface area contributed by atoms with Crippen molar-refractivity contribution < 1.29 is 23.5 Å². The molecular formula is C22H30N2O5. The number of aromatic nitrogens is 1. The summed E-state index contributed by atoms with van der Waals surface area (Å²) in [5.41, 5.74) is 1.16. The van der Waals surface area contributed by atoms with Gasteiger partial charge in [0.15, 0.2) is 5.78 Å². The van der Waals surface area contributed by atoms with Gasteiger partial charge in [0, 0.05) is 19.4 Å². The summed E-state index contributed by atoms with van der Waals surface area (Å²) < 4.78 is 16.8. The molecule has 0 aliphatic rings. The Morgan fingerprint density at radius 1 is 1.10 bits per heavy atom. The fourth-order valence-corrected chi connectivity index (χ4v) is 2.64. The lowest BCUT2D eigenvalue weighted by Gasteiger charge is -2.17. The number of nitrogens with zero attached hydrogens (tertiary/aromatic N) is 1. The molecule has 29 heavy (non-hydrogen) atoms. The molecule has 158 valence electrons. The van der Waals surface area contributed by atoms with Crippen LogP contribution >= 0.6 is 0 Å². The van der Waals surface area contributed by atoms with Crippen molar-refractivity contribution in [2.75, 3.05) is 13.2 Å². The van der Waals surface area contributed by atoms with Gasteiger partial charge >= 0.3 is 6.09 Å². The highest BCUT2D eigenvalue weighted by atomic mass is 16.5. The molecule has 0 bridgehead atoms. The fourth-order valence-electron chi connectivity index (χ4n) is 2.64. The Hall–Kier alpha value is -2.67. The van der Waals surface area contributed by atoms with E-state index >= 15 is 0 Å². The summed E-state index contributed by atoms with van der Waals surface area (Å²) in [5.74, 6) is 0.874. The highest BCUT2D eigenvalue weighted by molar-refractivity contribution is 5.93. The Balaban J connectivity index is 2.12. The van der Waals surface area contributed by atoms with Crippen molar-refractivity contribution in [1.82, 2.24) is 10.3 Å². The maximum Gasteiger partial charge on any atom is 0.408 e. The Labute approximate surface area is 171 Å². The Morgan fingerprint density at radius 3 is 2.34 bits per heavy atom. The van der Waals surface area contributed by atoms with Crippen molar-refractivity contribution in [3.63, 3.8) is 0 Å². The van der Waals surface area contributed by atoms with E-state index in [2.05, 4.69) is 10.3 Å². The number of benzene rings is 1. The third-order valence-corrected chi connectivity index (χ3v) is 4.07. The number of amides is 1. The number of carbonyl (C=O) groups is 2. The molecule has 0 aliphatic heterocycles. The third-order valence-electron chi connectivity index (χ3n) is 4.07. The lowest BCUT2D eigenvalue weighted by molar-refractivity contribution is 0.0760. The number of nitrogens with one attached hydrogen (secondary N) is 1. The molecule has 0 saturated heterocycles. The molecule has 1 aromatic heterocycles. The topological polar surface area (TPSA) is 90.7 Å². The highest BCUT2D eigenvalue weighted by Crippen LogP contribution is 2.25. The summed E-state index contributed by atoms with van der Waals surface area (Å²) in [6.07, 6.45) is -0.610. The van der Waals surface area contributed by atoms with Gasteiger partial charge in [0.25, 0.3) is 0 Å². The van der Waals surface area contributed by atoms with Crippen molar-refractivity contribution in [3.05, 3.63) is 53.2 Å².